The molecule has 0 spiro atoms. The molecular formula is C11H16BrNO3. The van der Waals surface area contributed by atoms with Crippen LogP contribution in [0, 0.1) is 5.92 Å². The predicted molar refractivity (Wildman–Crippen MR) is 62.8 cm³/mol. The van der Waals surface area contributed by atoms with Crippen molar-refractivity contribution in [2.45, 2.75) is 26.1 Å². The van der Waals surface area contributed by atoms with Gasteiger partial charge in [-0.15, -0.1) is 0 Å². The van der Waals surface area contributed by atoms with Gasteiger partial charge in [0.15, 0.2) is 0 Å². The van der Waals surface area contributed by atoms with E-state index in [1.54, 1.807) is 7.11 Å². The van der Waals surface area contributed by atoms with Gasteiger partial charge in [-0.2, -0.15) is 0 Å². The highest BCUT2D eigenvalue weighted by molar-refractivity contribution is 9.12. The van der Waals surface area contributed by atoms with Crippen molar-refractivity contribution in [1.82, 2.24) is 4.90 Å². The van der Waals surface area contributed by atoms with Crippen molar-refractivity contribution in [2.24, 2.45) is 5.92 Å². The number of likely N-dealkylation sites (tertiary alicyclic amines) is 1. The lowest BCUT2D eigenvalue weighted by Gasteiger charge is -2.34. The highest BCUT2D eigenvalue weighted by Gasteiger charge is 2.37. The molecule has 0 aromatic carbocycles. The van der Waals surface area contributed by atoms with Crippen LogP contribution >= 0.6 is 15.9 Å². The minimum atomic E-state index is -0.546. The molecule has 0 N–H and O–H groups in total. The molecule has 0 amide bonds. The number of cyclic esters (lactones) is 1. The third-order valence-electron chi connectivity index (χ3n) is 3.18. The van der Waals surface area contributed by atoms with Crippen LogP contribution in [0.3, 0.4) is 0 Å². The van der Waals surface area contributed by atoms with Gasteiger partial charge >= 0.3 is 5.97 Å². The van der Waals surface area contributed by atoms with E-state index in [-0.39, 0.29) is 5.97 Å². The summed E-state index contributed by atoms with van der Waals surface area (Å²) in [7, 11) is 1.55. The number of methoxy groups -OCH3 is 1. The van der Waals surface area contributed by atoms with Crippen molar-refractivity contribution in [2.75, 3.05) is 20.2 Å². The summed E-state index contributed by atoms with van der Waals surface area (Å²) < 4.78 is 10.8. The largest absolute Gasteiger partial charge is 0.426 e. The van der Waals surface area contributed by atoms with E-state index in [2.05, 4.69) is 27.8 Å². The van der Waals surface area contributed by atoms with Crippen LogP contribution in [0.25, 0.3) is 0 Å². The van der Waals surface area contributed by atoms with Gasteiger partial charge < -0.3 is 14.4 Å². The van der Waals surface area contributed by atoms with Crippen LogP contribution in [0.15, 0.2) is 10.2 Å². The number of piperidine rings is 1. The number of hydrogen-bond donors (Lipinski definition) is 0. The fraction of sp³-hybridized carbons (Fsp3) is 0.727. The molecule has 0 aliphatic carbocycles. The molecule has 5 heteroatoms. The summed E-state index contributed by atoms with van der Waals surface area (Å²) in [5, 5.41) is 0. The van der Waals surface area contributed by atoms with Gasteiger partial charge in [-0.05, 0) is 34.7 Å². The fourth-order valence-electron chi connectivity index (χ4n) is 2.11. The summed E-state index contributed by atoms with van der Waals surface area (Å²) in [5.41, 5.74) is 0.847. The maximum absolute atomic E-state index is 11.4. The van der Waals surface area contributed by atoms with E-state index in [0.717, 1.165) is 37.5 Å². The first-order valence-electron chi connectivity index (χ1n) is 5.52. The summed E-state index contributed by atoms with van der Waals surface area (Å²) >= 11 is 3.29. The van der Waals surface area contributed by atoms with Gasteiger partial charge in [-0.25, -0.2) is 4.79 Å². The average Bonchev–Trinajstić information content (AvgIpc) is 2.57. The Bertz CT molecular complexity index is 321. The molecule has 0 aromatic rings. The first kappa shape index (κ1) is 11.9. The fourth-order valence-corrected chi connectivity index (χ4v) is 2.64. The van der Waals surface area contributed by atoms with Crippen LogP contribution in [-0.4, -0.2) is 37.4 Å². The van der Waals surface area contributed by atoms with Crippen molar-refractivity contribution in [3.63, 3.8) is 0 Å². The molecule has 0 saturated carbocycles. The van der Waals surface area contributed by atoms with Gasteiger partial charge in [0.2, 0.25) is 6.29 Å². The lowest BCUT2D eigenvalue weighted by Crippen LogP contribution is -2.36. The average molecular weight is 290 g/mol. The minimum absolute atomic E-state index is 0.333. The molecular weight excluding hydrogens is 274 g/mol. The Hall–Kier alpha value is -0.550. The van der Waals surface area contributed by atoms with Crippen LogP contribution in [0.2, 0.25) is 0 Å². The lowest BCUT2D eigenvalue weighted by atomic mass is 9.99. The van der Waals surface area contributed by atoms with Crippen molar-refractivity contribution < 1.29 is 14.3 Å². The molecule has 0 radical (unpaired) electrons. The Morgan fingerprint density at radius 3 is 2.62 bits per heavy atom. The Kier molecular flexibility index (Phi) is 3.54. The number of hydrogen-bond acceptors (Lipinski definition) is 4. The Balaban J connectivity index is 2.15. The quantitative estimate of drug-likeness (QED) is 0.728. The lowest BCUT2D eigenvalue weighted by molar-refractivity contribution is -0.157. The highest BCUT2D eigenvalue weighted by Crippen LogP contribution is 2.32. The molecule has 2 rings (SSSR count). The third-order valence-corrected chi connectivity index (χ3v) is 3.91. The summed E-state index contributed by atoms with van der Waals surface area (Å²) in [4.78, 5) is 13.6. The van der Waals surface area contributed by atoms with E-state index in [4.69, 9.17) is 9.47 Å². The molecule has 0 bridgehead atoms. The van der Waals surface area contributed by atoms with Crippen molar-refractivity contribution in [1.29, 1.82) is 0 Å². The second-order valence-corrected chi connectivity index (χ2v) is 5.13. The molecule has 90 valence electrons. The summed E-state index contributed by atoms with van der Waals surface area (Å²) in [6, 6.07) is 0. The van der Waals surface area contributed by atoms with Gasteiger partial charge in [-0.1, -0.05) is 6.92 Å². The van der Waals surface area contributed by atoms with Crippen molar-refractivity contribution in [3.05, 3.63) is 10.2 Å². The van der Waals surface area contributed by atoms with E-state index < -0.39 is 6.29 Å². The third kappa shape index (κ3) is 2.11. The molecule has 0 unspecified atom stereocenters. The maximum atomic E-state index is 11.4. The van der Waals surface area contributed by atoms with Crippen LogP contribution in [0.4, 0.5) is 0 Å². The summed E-state index contributed by atoms with van der Waals surface area (Å²) in [6.07, 6.45) is 1.75. The van der Waals surface area contributed by atoms with E-state index >= 15 is 0 Å². The molecule has 1 atom stereocenters. The standard InChI is InChI=1S/C11H16BrNO3/c1-7-3-5-13(6-4-7)9-8(12)10(14)16-11(9)15-2/h7,11H,3-6H2,1-2H3/t11-/m0/s1. The van der Waals surface area contributed by atoms with E-state index in [1.165, 1.54) is 0 Å². The second-order valence-electron chi connectivity index (χ2n) is 4.34. The minimum Gasteiger partial charge on any atom is -0.426 e. The van der Waals surface area contributed by atoms with Crippen LogP contribution in [0.5, 0.6) is 0 Å². The summed E-state index contributed by atoms with van der Waals surface area (Å²) in [5.74, 6) is 0.426. The van der Waals surface area contributed by atoms with E-state index in [9.17, 15) is 4.79 Å². The van der Waals surface area contributed by atoms with Crippen LogP contribution < -0.4 is 0 Å². The van der Waals surface area contributed by atoms with Gasteiger partial charge in [0.25, 0.3) is 0 Å². The van der Waals surface area contributed by atoms with Gasteiger partial charge in [-0.3, -0.25) is 0 Å². The molecule has 4 nitrogen and oxygen atoms in total. The van der Waals surface area contributed by atoms with Gasteiger partial charge in [0.1, 0.15) is 10.2 Å². The number of esters is 1. The van der Waals surface area contributed by atoms with E-state index in [0.29, 0.717) is 4.48 Å². The Morgan fingerprint density at radius 1 is 1.44 bits per heavy atom. The Labute approximate surface area is 104 Å². The Morgan fingerprint density at radius 2 is 2.06 bits per heavy atom. The zero-order chi connectivity index (χ0) is 11.7. The molecule has 1 saturated heterocycles. The molecule has 16 heavy (non-hydrogen) atoms. The number of nitrogens with zero attached hydrogens (tertiary/aromatic N) is 1. The van der Waals surface area contributed by atoms with Crippen LogP contribution in [-0.2, 0) is 14.3 Å². The molecule has 1 fully saturated rings. The monoisotopic (exact) mass is 289 g/mol. The van der Waals surface area contributed by atoms with Crippen molar-refractivity contribution >= 4 is 21.9 Å². The van der Waals surface area contributed by atoms with Gasteiger partial charge in [0.05, 0.1) is 0 Å². The first-order chi connectivity index (χ1) is 7.63. The van der Waals surface area contributed by atoms with Gasteiger partial charge in [0, 0.05) is 20.2 Å². The number of carbonyl (C=O) groups is 1. The van der Waals surface area contributed by atoms with Crippen LogP contribution in [0.1, 0.15) is 19.8 Å². The zero-order valence-corrected chi connectivity index (χ0v) is 11.1. The molecule has 2 heterocycles. The predicted octanol–water partition coefficient (Wildman–Crippen LogP) is 1.85. The smallest absolute Gasteiger partial charge is 0.349 e. The molecule has 0 aromatic heterocycles. The zero-order valence-electron chi connectivity index (χ0n) is 9.53. The van der Waals surface area contributed by atoms with E-state index in [1.807, 2.05) is 0 Å². The molecule has 2 aliphatic heterocycles. The number of carbonyl (C=O) groups excluding carboxylic acids is 1. The highest BCUT2D eigenvalue weighted by atomic mass is 79.9. The normalized spacial score (nSPS) is 27.6. The molecule has 2 aliphatic rings. The first-order valence-corrected chi connectivity index (χ1v) is 6.31. The van der Waals surface area contributed by atoms with Crippen molar-refractivity contribution in [3.8, 4) is 0 Å². The SMILES string of the molecule is CO[C@H]1OC(=O)C(Br)=C1N1CCC(C)CC1. The summed E-state index contributed by atoms with van der Waals surface area (Å²) in [6.45, 7) is 4.18. The maximum Gasteiger partial charge on any atom is 0.349 e. The number of ether oxygens (including phenoxy) is 2. The second kappa shape index (κ2) is 4.75. The number of halogens is 1. The topological polar surface area (TPSA) is 38.8 Å². The number of rotatable bonds is 2.